The van der Waals surface area contributed by atoms with E-state index in [1.54, 1.807) is 53.4 Å². The van der Waals surface area contributed by atoms with Crippen LogP contribution in [-0.2, 0) is 26.5 Å². The minimum Gasteiger partial charge on any atom is -0.395 e. The summed E-state index contributed by atoms with van der Waals surface area (Å²) in [6.45, 7) is 11.7. The number of benzene rings is 3. The molecule has 3 aromatic carbocycles. The Bertz CT molecular complexity index is 2140. The lowest BCUT2D eigenvalue weighted by Crippen LogP contribution is -2.45. The molecule has 1 aromatic heterocycles. The van der Waals surface area contributed by atoms with Crippen LogP contribution in [0.1, 0.15) is 58.1 Å². The van der Waals surface area contributed by atoms with Crippen molar-refractivity contribution in [1.29, 1.82) is 0 Å². The predicted octanol–water partition coefficient (Wildman–Crippen LogP) is 7.61. The molecule has 0 bridgehead atoms. The Hall–Kier alpha value is -4.71. The van der Waals surface area contributed by atoms with E-state index in [9.17, 15) is 14.7 Å². The molecule has 0 unspecified atom stereocenters. The number of aliphatic hydroxyl groups is 1. The van der Waals surface area contributed by atoms with Gasteiger partial charge in [0.05, 0.1) is 42.1 Å². The van der Waals surface area contributed by atoms with Crippen molar-refractivity contribution in [1.82, 2.24) is 14.7 Å². The molecule has 0 saturated carbocycles. The molecule has 2 aliphatic rings. The predicted molar refractivity (Wildman–Crippen MR) is 214 cm³/mol. The average Bonchev–Trinajstić information content (AvgIpc) is 3.56. The zero-order valence-corrected chi connectivity index (χ0v) is 33.1. The van der Waals surface area contributed by atoms with Crippen molar-refractivity contribution in [2.75, 3.05) is 24.6 Å². The summed E-state index contributed by atoms with van der Waals surface area (Å²) in [4.78, 5) is 46.0. The lowest BCUT2D eigenvalue weighted by atomic mass is 9.82. The topological polar surface area (TPSA) is 105 Å². The van der Waals surface area contributed by atoms with Gasteiger partial charge in [0.2, 0.25) is 14.3 Å². The Balaban J connectivity index is 1.42. The van der Waals surface area contributed by atoms with E-state index in [4.69, 9.17) is 4.74 Å². The maximum Gasteiger partial charge on any atom is 0.279 e. The number of aromatic nitrogens is 2. The summed E-state index contributed by atoms with van der Waals surface area (Å²) in [7, 11) is -3.59. The van der Waals surface area contributed by atoms with Gasteiger partial charge in [0.15, 0.2) is 5.60 Å². The normalized spacial score (nSPS) is 21.2. The molecule has 4 aromatic rings. The summed E-state index contributed by atoms with van der Waals surface area (Å²) in [6.07, 6.45) is 6.55. The van der Waals surface area contributed by atoms with Gasteiger partial charge in [-0.05, 0) is 76.5 Å². The van der Waals surface area contributed by atoms with Crippen LogP contribution in [0, 0.1) is 5.92 Å². The van der Waals surface area contributed by atoms with Crippen LogP contribution in [-0.4, -0.2) is 65.8 Å². The maximum atomic E-state index is 16.7. The number of hydrogen-bond acceptors (Lipinski definition) is 6. The number of carbonyl (C=O) groups is 2. The second kappa shape index (κ2) is 15.9. The van der Waals surface area contributed by atoms with Crippen LogP contribution in [0.4, 0.5) is 9.80 Å². The Morgan fingerprint density at radius 2 is 1.76 bits per heavy atom. The van der Waals surface area contributed by atoms with E-state index in [-0.39, 0.29) is 50.0 Å². The van der Waals surface area contributed by atoms with Gasteiger partial charge in [-0.3, -0.25) is 14.4 Å². The highest BCUT2D eigenvalue weighted by Gasteiger charge is 2.67. The summed E-state index contributed by atoms with van der Waals surface area (Å²) in [5, 5.41) is 15.6. The SMILES string of the molecule is CC(C)=CCC/C(C)=C/CN1C(=O)[C@@]2(O[C@@H](CC(=O)N(CCO)Cc3ccccc3)[C@H]([Si](C)(C)F)[C@H]2C)c2cc(-n3ncc4ccccc4c3=O)ccc21. The summed E-state index contributed by atoms with van der Waals surface area (Å²) in [5.74, 6) is -1.24. The highest BCUT2D eigenvalue weighted by atomic mass is 28.4. The fraction of sp³-hybridized carbons (Fsp3) is 0.395. The molecular weight excluding hydrogens is 700 g/mol. The van der Waals surface area contributed by atoms with Crippen LogP contribution < -0.4 is 10.5 Å². The third kappa shape index (κ3) is 7.62. The number of hydrogen-bond donors (Lipinski definition) is 1. The van der Waals surface area contributed by atoms with Gasteiger partial charge in [0.25, 0.3) is 11.5 Å². The van der Waals surface area contributed by atoms with Crippen LogP contribution in [0.3, 0.4) is 0 Å². The quantitative estimate of drug-likeness (QED) is 0.0858. The zero-order valence-electron chi connectivity index (χ0n) is 32.1. The summed E-state index contributed by atoms with van der Waals surface area (Å²) >= 11 is 0. The first-order chi connectivity index (χ1) is 25.8. The van der Waals surface area contributed by atoms with Crippen molar-refractivity contribution in [3.63, 3.8) is 0 Å². The van der Waals surface area contributed by atoms with Gasteiger partial charge >= 0.3 is 0 Å². The molecule has 54 heavy (non-hydrogen) atoms. The molecular formula is C43H51FN4O5Si. The van der Waals surface area contributed by atoms with Crippen molar-refractivity contribution >= 4 is 36.7 Å². The van der Waals surface area contributed by atoms with E-state index in [1.165, 1.54) is 10.3 Å². The second-order valence-electron chi connectivity index (χ2n) is 15.4. The Kier molecular flexibility index (Phi) is 11.5. The number of fused-ring (bicyclic) bond motifs is 3. The van der Waals surface area contributed by atoms with E-state index in [0.717, 1.165) is 24.0 Å². The standard InChI is InChI=1S/C43H51FN4O5Si/c1-29(2)13-12-14-30(3)21-22-47-37-20-19-34(48-41(51)35-18-11-10-17-33(35)27-45-48)25-36(37)43(42(47)52)31(4)40(54(5,6)44)38(53-43)26-39(50)46(23-24-49)28-32-15-8-7-9-16-32/h7-11,13,15-21,25,27,31,38,40,49H,12,14,22-24,26,28H2,1-6H3/b30-21+/t31-,38+,40-,43+/m1/s1. The summed E-state index contributed by atoms with van der Waals surface area (Å²) < 4.78 is 24.9. The van der Waals surface area contributed by atoms with Gasteiger partial charge < -0.3 is 23.8 Å². The molecule has 1 spiro atoms. The lowest BCUT2D eigenvalue weighted by Gasteiger charge is -2.31. The summed E-state index contributed by atoms with van der Waals surface area (Å²) in [6, 6.07) is 22.1. The molecule has 6 rings (SSSR count). The molecule has 0 radical (unpaired) electrons. The van der Waals surface area contributed by atoms with E-state index < -0.39 is 31.6 Å². The smallest absolute Gasteiger partial charge is 0.279 e. The molecule has 4 atom stereocenters. The van der Waals surface area contributed by atoms with Crippen LogP contribution in [0.25, 0.3) is 16.5 Å². The van der Waals surface area contributed by atoms with Crippen molar-refractivity contribution in [2.24, 2.45) is 5.92 Å². The molecule has 11 heteroatoms. The van der Waals surface area contributed by atoms with Gasteiger partial charge in [-0.15, -0.1) is 0 Å². The van der Waals surface area contributed by atoms with Crippen molar-refractivity contribution < 1.29 is 23.5 Å². The number of aliphatic hydroxyl groups excluding tert-OH is 1. The number of halogens is 1. The third-order valence-corrected chi connectivity index (χ3v) is 13.4. The monoisotopic (exact) mass is 750 g/mol. The first-order valence-electron chi connectivity index (χ1n) is 18.8. The van der Waals surface area contributed by atoms with E-state index >= 15 is 8.90 Å². The minimum atomic E-state index is -3.59. The van der Waals surface area contributed by atoms with Crippen LogP contribution >= 0.6 is 0 Å². The summed E-state index contributed by atoms with van der Waals surface area (Å²) in [5.41, 5.74) is 2.26. The minimum absolute atomic E-state index is 0.105. The van der Waals surface area contributed by atoms with E-state index in [1.807, 2.05) is 68.5 Å². The highest BCUT2D eigenvalue weighted by Crippen LogP contribution is 2.60. The molecule has 1 saturated heterocycles. The third-order valence-electron chi connectivity index (χ3n) is 10.9. The number of carbonyl (C=O) groups excluding carboxylic acids is 2. The molecule has 9 nitrogen and oxygen atoms in total. The van der Waals surface area contributed by atoms with E-state index in [2.05, 4.69) is 25.0 Å². The zero-order chi connectivity index (χ0) is 38.8. The fourth-order valence-electron chi connectivity index (χ4n) is 8.28. The van der Waals surface area contributed by atoms with E-state index in [0.29, 0.717) is 27.7 Å². The molecule has 1 N–H and O–H groups in total. The highest BCUT2D eigenvalue weighted by molar-refractivity contribution is 6.72. The molecule has 0 aliphatic carbocycles. The molecule has 1 fully saturated rings. The van der Waals surface area contributed by atoms with Gasteiger partial charge in [0.1, 0.15) is 0 Å². The van der Waals surface area contributed by atoms with Crippen LogP contribution in [0.2, 0.25) is 18.6 Å². The number of rotatable bonds is 13. The fourth-order valence-corrected chi connectivity index (χ4v) is 10.8. The van der Waals surface area contributed by atoms with Crippen molar-refractivity contribution in [3.8, 4) is 5.69 Å². The van der Waals surface area contributed by atoms with Gasteiger partial charge in [0, 0.05) is 42.0 Å². The van der Waals surface area contributed by atoms with Crippen LogP contribution in [0.15, 0.2) is 107 Å². The van der Waals surface area contributed by atoms with Crippen molar-refractivity contribution in [2.45, 2.75) is 83.8 Å². The molecule has 3 heterocycles. The molecule has 2 aliphatic heterocycles. The van der Waals surface area contributed by atoms with Gasteiger partial charge in [-0.25, -0.2) is 0 Å². The number of amides is 2. The van der Waals surface area contributed by atoms with Crippen LogP contribution in [0.5, 0.6) is 0 Å². The first-order valence-corrected chi connectivity index (χ1v) is 21.7. The Morgan fingerprint density at radius 3 is 2.46 bits per heavy atom. The number of anilines is 1. The number of nitrogens with zero attached hydrogens (tertiary/aromatic N) is 4. The van der Waals surface area contributed by atoms with Gasteiger partial charge in [-0.1, -0.05) is 78.8 Å². The second-order valence-corrected chi connectivity index (χ2v) is 19.2. The molecule has 2 amide bonds. The average molecular weight is 751 g/mol. The maximum absolute atomic E-state index is 16.7. The largest absolute Gasteiger partial charge is 0.395 e. The van der Waals surface area contributed by atoms with Gasteiger partial charge in [-0.2, -0.15) is 9.78 Å². The Labute approximate surface area is 317 Å². The Morgan fingerprint density at radius 1 is 1.04 bits per heavy atom. The molecule has 284 valence electrons. The van der Waals surface area contributed by atoms with Crippen molar-refractivity contribution in [3.05, 3.63) is 124 Å². The number of ether oxygens (including phenoxy) is 1. The lowest BCUT2D eigenvalue weighted by molar-refractivity contribution is -0.149. The first kappa shape index (κ1) is 39.0. The number of allylic oxidation sites excluding steroid dienone is 3.